The first-order chi connectivity index (χ1) is 12.1. The highest BCUT2D eigenvalue weighted by molar-refractivity contribution is 5.94. The van der Waals surface area contributed by atoms with Crippen molar-refractivity contribution in [2.75, 3.05) is 5.32 Å². The Kier molecular flexibility index (Phi) is 3.42. The zero-order valence-corrected chi connectivity index (χ0v) is 13.4. The number of hydrogen-bond acceptors (Lipinski definition) is 5. The fraction of sp³-hybridized carbons (Fsp3) is 0.0588. The zero-order valence-electron chi connectivity index (χ0n) is 13.4. The van der Waals surface area contributed by atoms with E-state index in [4.69, 9.17) is 5.73 Å². The largest absolute Gasteiger partial charge is 0.366 e. The molecule has 3 heterocycles. The lowest BCUT2D eigenvalue weighted by molar-refractivity contribution is 0.1000. The number of nitrogens with zero attached hydrogens (tertiary/aromatic N) is 4. The van der Waals surface area contributed by atoms with Crippen LogP contribution in [0.1, 0.15) is 15.9 Å². The zero-order chi connectivity index (χ0) is 17.4. The SMILES string of the molecule is Cc1cc(Nc2ncc(-c3cn[nH]c3)n3ccnc23)ccc1C(N)=O. The summed E-state index contributed by atoms with van der Waals surface area (Å²) < 4.78 is 1.94. The van der Waals surface area contributed by atoms with Crippen molar-refractivity contribution in [3.05, 3.63) is 60.3 Å². The van der Waals surface area contributed by atoms with Gasteiger partial charge in [-0.2, -0.15) is 5.10 Å². The molecule has 0 aliphatic carbocycles. The number of carbonyl (C=O) groups is 1. The van der Waals surface area contributed by atoms with Crippen LogP contribution in [0.5, 0.6) is 0 Å². The third-order valence-electron chi connectivity index (χ3n) is 3.98. The van der Waals surface area contributed by atoms with Gasteiger partial charge in [0.05, 0.1) is 18.1 Å². The molecule has 0 fully saturated rings. The van der Waals surface area contributed by atoms with E-state index in [-0.39, 0.29) is 0 Å². The average molecular weight is 333 g/mol. The molecular weight excluding hydrogens is 318 g/mol. The van der Waals surface area contributed by atoms with Gasteiger partial charge >= 0.3 is 0 Å². The van der Waals surface area contributed by atoms with Crippen LogP contribution in [0.15, 0.2) is 49.2 Å². The summed E-state index contributed by atoms with van der Waals surface area (Å²) in [6.45, 7) is 1.84. The van der Waals surface area contributed by atoms with E-state index in [1.54, 1.807) is 36.9 Å². The number of hydrogen-bond donors (Lipinski definition) is 3. The quantitative estimate of drug-likeness (QED) is 0.530. The minimum atomic E-state index is -0.442. The standard InChI is InChI=1S/C17H15N7O/c1-10-6-12(2-3-13(10)15(18)25)23-16-17-19-4-5-24(17)14(9-20-16)11-7-21-22-8-11/h2-9H,1H3,(H2,18,25)(H,20,23)(H,21,22). The summed E-state index contributed by atoms with van der Waals surface area (Å²) in [5.74, 6) is 0.172. The molecule has 0 saturated carbocycles. The minimum Gasteiger partial charge on any atom is -0.366 e. The van der Waals surface area contributed by atoms with E-state index in [0.29, 0.717) is 17.0 Å². The molecule has 3 aromatic heterocycles. The fourth-order valence-electron chi connectivity index (χ4n) is 2.77. The van der Waals surface area contributed by atoms with Crippen molar-refractivity contribution in [3.8, 4) is 11.3 Å². The summed E-state index contributed by atoms with van der Waals surface area (Å²) in [6.07, 6.45) is 8.87. The van der Waals surface area contributed by atoms with E-state index < -0.39 is 5.91 Å². The number of benzene rings is 1. The topological polar surface area (TPSA) is 114 Å². The maximum atomic E-state index is 11.3. The predicted molar refractivity (Wildman–Crippen MR) is 93.5 cm³/mol. The second-order valence-corrected chi connectivity index (χ2v) is 5.62. The Labute approximate surface area is 142 Å². The van der Waals surface area contributed by atoms with E-state index >= 15 is 0 Å². The van der Waals surface area contributed by atoms with Crippen molar-refractivity contribution in [2.24, 2.45) is 5.73 Å². The van der Waals surface area contributed by atoms with Crippen LogP contribution in [-0.4, -0.2) is 30.5 Å². The van der Waals surface area contributed by atoms with Crippen LogP contribution in [0.25, 0.3) is 16.9 Å². The number of primary amides is 1. The van der Waals surface area contributed by atoms with Gasteiger partial charge in [-0.3, -0.25) is 14.3 Å². The van der Waals surface area contributed by atoms with E-state index in [2.05, 4.69) is 25.5 Å². The van der Waals surface area contributed by atoms with Gasteiger partial charge in [0.25, 0.3) is 0 Å². The average Bonchev–Trinajstić information content (AvgIpc) is 3.27. The Morgan fingerprint density at radius 3 is 2.88 bits per heavy atom. The Morgan fingerprint density at radius 2 is 2.16 bits per heavy atom. The van der Waals surface area contributed by atoms with Crippen molar-refractivity contribution >= 4 is 23.1 Å². The molecule has 8 heteroatoms. The van der Waals surface area contributed by atoms with Crippen LogP contribution in [0.2, 0.25) is 0 Å². The molecule has 0 aliphatic rings. The van der Waals surface area contributed by atoms with Crippen molar-refractivity contribution in [1.29, 1.82) is 0 Å². The summed E-state index contributed by atoms with van der Waals surface area (Å²) in [6, 6.07) is 5.34. The van der Waals surface area contributed by atoms with Crippen molar-refractivity contribution in [2.45, 2.75) is 6.92 Å². The first-order valence-electron chi connectivity index (χ1n) is 7.62. The number of fused-ring (bicyclic) bond motifs is 1. The summed E-state index contributed by atoms with van der Waals surface area (Å²) in [5.41, 5.74) is 9.94. The van der Waals surface area contributed by atoms with Crippen molar-refractivity contribution in [3.63, 3.8) is 0 Å². The second-order valence-electron chi connectivity index (χ2n) is 5.62. The smallest absolute Gasteiger partial charge is 0.248 e. The van der Waals surface area contributed by atoms with Crippen LogP contribution in [0.4, 0.5) is 11.5 Å². The van der Waals surface area contributed by atoms with E-state index in [0.717, 1.165) is 22.5 Å². The van der Waals surface area contributed by atoms with Gasteiger partial charge in [0.2, 0.25) is 5.91 Å². The van der Waals surface area contributed by atoms with Crippen LogP contribution < -0.4 is 11.1 Å². The lowest BCUT2D eigenvalue weighted by Crippen LogP contribution is -2.12. The van der Waals surface area contributed by atoms with E-state index in [1.165, 1.54) is 0 Å². The summed E-state index contributed by atoms with van der Waals surface area (Å²) in [4.78, 5) is 20.2. The maximum absolute atomic E-state index is 11.3. The highest BCUT2D eigenvalue weighted by Gasteiger charge is 2.12. The molecule has 0 unspecified atom stereocenters. The molecule has 124 valence electrons. The number of amides is 1. The molecule has 0 bridgehead atoms. The third kappa shape index (κ3) is 2.59. The van der Waals surface area contributed by atoms with Gasteiger partial charge in [0.1, 0.15) is 0 Å². The molecule has 0 aliphatic heterocycles. The highest BCUT2D eigenvalue weighted by Crippen LogP contribution is 2.25. The lowest BCUT2D eigenvalue weighted by atomic mass is 10.1. The number of aryl methyl sites for hydroxylation is 1. The Hall–Kier alpha value is -3.68. The van der Waals surface area contributed by atoms with E-state index in [1.807, 2.05) is 23.6 Å². The van der Waals surface area contributed by atoms with Crippen molar-refractivity contribution < 1.29 is 4.79 Å². The second kappa shape index (κ2) is 5.75. The summed E-state index contributed by atoms with van der Waals surface area (Å²) in [5, 5.41) is 10.0. The molecule has 0 radical (unpaired) electrons. The Balaban J connectivity index is 1.74. The molecule has 1 amide bonds. The van der Waals surface area contributed by atoms with Gasteiger partial charge in [-0.1, -0.05) is 0 Å². The monoisotopic (exact) mass is 333 g/mol. The lowest BCUT2D eigenvalue weighted by Gasteiger charge is -2.11. The van der Waals surface area contributed by atoms with Crippen LogP contribution in [0, 0.1) is 6.92 Å². The number of imidazole rings is 1. The first kappa shape index (κ1) is 14.9. The van der Waals surface area contributed by atoms with Crippen LogP contribution in [-0.2, 0) is 0 Å². The van der Waals surface area contributed by atoms with Gasteiger partial charge in [-0.05, 0) is 30.7 Å². The molecule has 25 heavy (non-hydrogen) atoms. The summed E-state index contributed by atoms with van der Waals surface area (Å²) in [7, 11) is 0. The number of aromatic amines is 1. The molecule has 4 aromatic rings. The minimum absolute atomic E-state index is 0.442. The molecule has 4 N–H and O–H groups in total. The Bertz CT molecular complexity index is 1070. The number of carbonyl (C=O) groups excluding carboxylic acids is 1. The molecule has 1 aromatic carbocycles. The molecular formula is C17H15N7O. The number of H-pyrrole nitrogens is 1. The van der Waals surface area contributed by atoms with Gasteiger partial charge in [0.15, 0.2) is 11.5 Å². The van der Waals surface area contributed by atoms with Gasteiger partial charge in [-0.25, -0.2) is 9.97 Å². The molecule has 0 saturated heterocycles. The van der Waals surface area contributed by atoms with Gasteiger partial charge < -0.3 is 11.1 Å². The summed E-state index contributed by atoms with van der Waals surface area (Å²) >= 11 is 0. The predicted octanol–water partition coefficient (Wildman–Crippen LogP) is 2.27. The number of rotatable bonds is 4. The van der Waals surface area contributed by atoms with E-state index in [9.17, 15) is 4.79 Å². The van der Waals surface area contributed by atoms with Gasteiger partial charge in [0, 0.05) is 35.4 Å². The van der Waals surface area contributed by atoms with Crippen LogP contribution in [0.3, 0.4) is 0 Å². The molecule has 0 atom stereocenters. The molecule has 0 spiro atoms. The Morgan fingerprint density at radius 1 is 1.28 bits per heavy atom. The number of nitrogens with one attached hydrogen (secondary N) is 2. The van der Waals surface area contributed by atoms with Crippen LogP contribution >= 0.6 is 0 Å². The number of nitrogens with two attached hydrogens (primary N) is 1. The third-order valence-corrected chi connectivity index (χ3v) is 3.98. The highest BCUT2D eigenvalue weighted by atomic mass is 16.1. The number of aromatic nitrogens is 5. The number of anilines is 2. The fourth-order valence-corrected chi connectivity index (χ4v) is 2.77. The maximum Gasteiger partial charge on any atom is 0.248 e. The molecule has 8 nitrogen and oxygen atoms in total. The van der Waals surface area contributed by atoms with Gasteiger partial charge in [-0.15, -0.1) is 0 Å². The molecule has 4 rings (SSSR count). The normalized spacial score (nSPS) is 10.9. The van der Waals surface area contributed by atoms with Crippen molar-refractivity contribution in [1.82, 2.24) is 24.6 Å². The first-order valence-corrected chi connectivity index (χ1v) is 7.62.